The number of hydrogen-bond donors (Lipinski definition) is 1. The predicted octanol–water partition coefficient (Wildman–Crippen LogP) is 6.45. The molecule has 6 rings (SSSR count). The van der Waals surface area contributed by atoms with Crippen molar-refractivity contribution in [2.75, 3.05) is 0 Å². The normalized spacial score (nSPS) is 47.4. The molecule has 0 aromatic rings. The zero-order valence-electron chi connectivity index (χ0n) is 30.6. The van der Waals surface area contributed by atoms with Crippen molar-refractivity contribution in [2.24, 2.45) is 51.2 Å². The minimum Gasteiger partial charge on any atom is -0.479 e. The van der Waals surface area contributed by atoms with Crippen molar-refractivity contribution in [3.8, 4) is 0 Å². The molecule has 14 atom stereocenters. The SMILES string of the molecule is CC(=O)OC1C(CCC23CCCC2C2CCC4C5(C)CCC(=O)C(C)C5CCC4(C)[C@]2(C)CC3)OC(C(=O)O)C(OC(C)=O)C1OC(C)=O. The minimum atomic E-state index is -1.58. The minimum absolute atomic E-state index is 0.0623. The van der Waals surface area contributed by atoms with Crippen LogP contribution in [0.3, 0.4) is 0 Å². The monoisotopic (exact) mass is 686 g/mol. The number of esters is 3. The highest BCUT2D eigenvalue weighted by atomic mass is 16.7. The van der Waals surface area contributed by atoms with Gasteiger partial charge in [-0.05, 0) is 116 Å². The molecule has 6 fully saturated rings. The number of fused-ring (bicyclic) bond motifs is 7. The molecule has 0 bridgehead atoms. The summed E-state index contributed by atoms with van der Waals surface area (Å²) in [6.07, 6.45) is 6.95. The van der Waals surface area contributed by atoms with E-state index < -0.39 is 54.4 Å². The number of carboxylic acids is 1. The Balaban J connectivity index is 1.26. The summed E-state index contributed by atoms with van der Waals surface area (Å²) in [5, 5.41) is 10.1. The van der Waals surface area contributed by atoms with E-state index in [1.54, 1.807) is 0 Å². The van der Waals surface area contributed by atoms with Crippen LogP contribution >= 0.6 is 0 Å². The number of Topliss-reactive ketones (excluding diaryl/α,β-unsaturated/α-hetero) is 1. The Kier molecular flexibility index (Phi) is 9.58. The number of aliphatic carboxylic acids is 1. The maximum Gasteiger partial charge on any atom is 0.336 e. The van der Waals surface area contributed by atoms with Crippen molar-refractivity contribution in [3.63, 3.8) is 0 Å². The Hall–Kier alpha value is -2.49. The lowest BCUT2D eigenvalue weighted by molar-refractivity contribution is -0.251. The van der Waals surface area contributed by atoms with Crippen LogP contribution in [0.1, 0.15) is 132 Å². The van der Waals surface area contributed by atoms with E-state index in [4.69, 9.17) is 18.9 Å². The van der Waals surface area contributed by atoms with Gasteiger partial charge >= 0.3 is 23.9 Å². The summed E-state index contributed by atoms with van der Waals surface area (Å²) in [5.41, 5.74) is 0.667. The third-order valence-corrected chi connectivity index (χ3v) is 15.6. The molecule has 10 nitrogen and oxygen atoms in total. The summed E-state index contributed by atoms with van der Waals surface area (Å²) < 4.78 is 22.7. The Bertz CT molecular complexity index is 1360. The van der Waals surface area contributed by atoms with Crippen molar-refractivity contribution in [3.05, 3.63) is 0 Å². The summed E-state index contributed by atoms with van der Waals surface area (Å²) in [6, 6.07) is 0. The Morgan fingerprint density at radius 2 is 1.41 bits per heavy atom. The molecule has 49 heavy (non-hydrogen) atoms. The van der Waals surface area contributed by atoms with Gasteiger partial charge in [-0.2, -0.15) is 0 Å². The highest BCUT2D eigenvalue weighted by Crippen LogP contribution is 2.76. The van der Waals surface area contributed by atoms with E-state index in [9.17, 15) is 29.1 Å². The number of carboxylic acid groups (broad SMARTS) is 1. The Morgan fingerprint density at radius 1 is 0.755 bits per heavy atom. The number of carbonyl (C=O) groups excluding carboxylic acids is 4. The van der Waals surface area contributed by atoms with Gasteiger partial charge in [0.25, 0.3) is 0 Å². The molecule has 274 valence electrons. The second kappa shape index (κ2) is 12.9. The molecule has 5 aliphatic carbocycles. The van der Waals surface area contributed by atoms with Crippen LogP contribution in [-0.4, -0.2) is 65.3 Å². The molecule has 10 heteroatoms. The highest BCUT2D eigenvalue weighted by Gasteiger charge is 2.69. The van der Waals surface area contributed by atoms with E-state index in [0.717, 1.165) is 51.9 Å². The quantitative estimate of drug-likeness (QED) is 0.235. The molecule has 1 N–H and O–H groups in total. The molecule has 5 saturated carbocycles. The lowest BCUT2D eigenvalue weighted by atomic mass is 9.33. The van der Waals surface area contributed by atoms with Crippen LogP contribution in [0, 0.1) is 51.2 Å². The van der Waals surface area contributed by atoms with Crippen molar-refractivity contribution < 1.29 is 48.0 Å². The summed E-state index contributed by atoms with van der Waals surface area (Å²) >= 11 is 0. The summed E-state index contributed by atoms with van der Waals surface area (Å²) in [5.74, 6) is -0.609. The molecule has 13 unspecified atom stereocenters. The van der Waals surface area contributed by atoms with Crippen molar-refractivity contribution in [2.45, 2.75) is 162 Å². The maximum absolute atomic E-state index is 12.8. The van der Waals surface area contributed by atoms with Crippen molar-refractivity contribution >= 4 is 29.7 Å². The van der Waals surface area contributed by atoms with E-state index in [2.05, 4.69) is 27.7 Å². The molecule has 1 aliphatic heterocycles. The average molecular weight is 687 g/mol. The first-order valence-corrected chi connectivity index (χ1v) is 18.9. The number of rotatable bonds is 7. The number of hydrogen-bond acceptors (Lipinski definition) is 9. The Labute approximate surface area is 291 Å². The average Bonchev–Trinajstić information content (AvgIpc) is 3.44. The first-order valence-electron chi connectivity index (χ1n) is 18.9. The van der Waals surface area contributed by atoms with Gasteiger partial charge in [-0.25, -0.2) is 4.79 Å². The number of ether oxygens (including phenoxy) is 4. The van der Waals surface area contributed by atoms with Gasteiger partial charge in [0.05, 0.1) is 6.10 Å². The van der Waals surface area contributed by atoms with Gasteiger partial charge in [0.15, 0.2) is 24.4 Å². The lowest BCUT2D eigenvalue weighted by Crippen LogP contribution is -2.65. The zero-order chi connectivity index (χ0) is 35.7. The van der Waals surface area contributed by atoms with E-state index in [1.807, 2.05) is 0 Å². The van der Waals surface area contributed by atoms with Gasteiger partial charge in [-0.15, -0.1) is 0 Å². The molecule has 0 amide bonds. The lowest BCUT2D eigenvalue weighted by Gasteiger charge is -2.71. The molecule has 6 aliphatic rings. The van der Waals surface area contributed by atoms with E-state index in [-0.39, 0.29) is 27.6 Å². The maximum atomic E-state index is 12.8. The topological polar surface area (TPSA) is 143 Å². The Morgan fingerprint density at radius 3 is 2.06 bits per heavy atom. The van der Waals surface area contributed by atoms with Crippen molar-refractivity contribution in [1.82, 2.24) is 0 Å². The van der Waals surface area contributed by atoms with Crippen LogP contribution < -0.4 is 0 Å². The van der Waals surface area contributed by atoms with Crippen LogP contribution in [0.2, 0.25) is 0 Å². The number of carbonyl (C=O) groups is 5. The van der Waals surface area contributed by atoms with Crippen LogP contribution in [-0.2, 0) is 42.9 Å². The predicted molar refractivity (Wildman–Crippen MR) is 178 cm³/mol. The smallest absolute Gasteiger partial charge is 0.336 e. The van der Waals surface area contributed by atoms with E-state index in [0.29, 0.717) is 42.3 Å². The van der Waals surface area contributed by atoms with Gasteiger partial charge < -0.3 is 24.1 Å². The first-order chi connectivity index (χ1) is 23.0. The fourth-order valence-electron chi connectivity index (χ4n) is 13.3. The molecular formula is C39H58O10. The van der Waals surface area contributed by atoms with Crippen LogP contribution in [0.15, 0.2) is 0 Å². The summed E-state index contributed by atoms with van der Waals surface area (Å²) in [7, 11) is 0. The summed E-state index contributed by atoms with van der Waals surface area (Å²) in [6.45, 7) is 13.4. The van der Waals surface area contributed by atoms with Gasteiger partial charge in [0.2, 0.25) is 0 Å². The fourth-order valence-corrected chi connectivity index (χ4v) is 13.3. The first kappa shape index (κ1) is 36.3. The molecule has 0 aromatic heterocycles. The van der Waals surface area contributed by atoms with Crippen LogP contribution in [0.5, 0.6) is 0 Å². The fraction of sp³-hybridized carbons (Fsp3) is 0.872. The molecule has 0 spiro atoms. The van der Waals surface area contributed by atoms with Gasteiger partial charge in [-0.1, -0.05) is 34.1 Å². The molecule has 1 saturated heterocycles. The molecular weight excluding hydrogens is 628 g/mol. The van der Waals surface area contributed by atoms with E-state index in [1.165, 1.54) is 39.5 Å². The van der Waals surface area contributed by atoms with Crippen LogP contribution in [0.25, 0.3) is 0 Å². The highest BCUT2D eigenvalue weighted by molar-refractivity contribution is 5.82. The second-order valence-electron chi connectivity index (χ2n) is 17.5. The van der Waals surface area contributed by atoms with Gasteiger partial charge in [0.1, 0.15) is 5.78 Å². The van der Waals surface area contributed by atoms with Crippen LogP contribution in [0.4, 0.5) is 0 Å². The largest absolute Gasteiger partial charge is 0.479 e. The second-order valence-corrected chi connectivity index (χ2v) is 17.5. The molecule has 1 heterocycles. The zero-order valence-corrected chi connectivity index (χ0v) is 30.6. The molecule has 0 radical (unpaired) electrons. The number of ketones is 1. The van der Waals surface area contributed by atoms with Gasteiger partial charge in [0, 0.05) is 33.1 Å². The standard InChI is InChI=1S/C39H58O10/c1-21-25-12-17-38(7)30(36(25,5)16-13-28(21)43)11-10-26-27-9-8-15-39(27,20-19-37(26,38)6)18-14-29-31(46-22(2)40)32(47-23(3)41)33(48-24(4)42)34(49-29)35(44)45/h21,25-27,29-34H,8-20H2,1-7H3,(H,44,45)/t21?,25?,26?,27?,29?,30?,31?,32?,33?,34?,36?,37-,38?,39?/m1/s1. The molecule has 0 aromatic carbocycles. The van der Waals surface area contributed by atoms with Gasteiger partial charge in [-0.3, -0.25) is 19.2 Å². The third-order valence-electron chi connectivity index (χ3n) is 15.6. The summed E-state index contributed by atoms with van der Waals surface area (Å²) in [4.78, 5) is 61.8. The van der Waals surface area contributed by atoms with E-state index >= 15 is 0 Å². The van der Waals surface area contributed by atoms with Crippen molar-refractivity contribution in [1.29, 1.82) is 0 Å². The third kappa shape index (κ3) is 5.84.